The molecule has 0 saturated heterocycles. The van der Waals surface area contributed by atoms with Gasteiger partial charge in [-0.15, -0.1) is 0 Å². The number of nitrogen functional groups attached to an aromatic ring is 1. The summed E-state index contributed by atoms with van der Waals surface area (Å²) in [6.45, 7) is 2.17. The van der Waals surface area contributed by atoms with Gasteiger partial charge in [0.2, 0.25) is 0 Å². The quantitative estimate of drug-likeness (QED) is 0.800. The van der Waals surface area contributed by atoms with Crippen molar-refractivity contribution in [3.05, 3.63) is 50.5 Å². The zero-order valence-corrected chi connectivity index (χ0v) is 14.4. The molecule has 1 aromatic heterocycles. The van der Waals surface area contributed by atoms with Gasteiger partial charge in [-0.05, 0) is 59.4 Å². The third-order valence-electron chi connectivity index (χ3n) is 4.13. The van der Waals surface area contributed by atoms with Crippen LogP contribution in [-0.4, -0.2) is 9.97 Å². The summed E-state index contributed by atoms with van der Waals surface area (Å²) in [7, 11) is 0. The molecule has 4 heteroatoms. The van der Waals surface area contributed by atoms with Crippen LogP contribution in [0.2, 0.25) is 0 Å². The number of hydrogen-bond acceptors (Lipinski definition) is 3. The largest absolute Gasteiger partial charge is 0.383 e. The molecule has 0 fully saturated rings. The molecule has 110 valence electrons. The number of aromatic nitrogens is 2. The van der Waals surface area contributed by atoms with Gasteiger partial charge in [0.05, 0.1) is 9.26 Å². The molecule has 1 unspecified atom stereocenters. The van der Waals surface area contributed by atoms with Gasteiger partial charge in [-0.25, -0.2) is 9.97 Å². The average Bonchev–Trinajstić information content (AvgIpc) is 2.51. The number of anilines is 1. The maximum absolute atomic E-state index is 6.12. The van der Waals surface area contributed by atoms with Crippen LogP contribution in [0.1, 0.15) is 54.7 Å². The number of nitrogens with two attached hydrogens (primary N) is 1. The van der Waals surface area contributed by atoms with Crippen molar-refractivity contribution in [3.63, 3.8) is 0 Å². The molecule has 0 saturated carbocycles. The first-order valence-corrected chi connectivity index (χ1v) is 8.68. The van der Waals surface area contributed by atoms with Crippen LogP contribution in [0, 0.1) is 3.57 Å². The number of hydrogen-bond donors (Lipinski definition) is 1. The molecule has 1 aliphatic rings. The molecule has 1 aliphatic carbocycles. The fourth-order valence-electron chi connectivity index (χ4n) is 3.11. The number of halogens is 1. The van der Waals surface area contributed by atoms with E-state index in [0.717, 1.165) is 40.8 Å². The lowest BCUT2D eigenvalue weighted by Crippen LogP contribution is -2.16. The van der Waals surface area contributed by atoms with Crippen LogP contribution in [0.3, 0.4) is 0 Å². The molecule has 0 spiro atoms. The maximum atomic E-state index is 6.12. The molecule has 21 heavy (non-hydrogen) atoms. The van der Waals surface area contributed by atoms with Crippen molar-refractivity contribution >= 4 is 28.4 Å². The van der Waals surface area contributed by atoms with E-state index in [9.17, 15) is 0 Å². The van der Waals surface area contributed by atoms with Crippen LogP contribution in [0.25, 0.3) is 0 Å². The topological polar surface area (TPSA) is 51.8 Å². The van der Waals surface area contributed by atoms with Gasteiger partial charge in [-0.3, -0.25) is 0 Å². The molecule has 2 aromatic rings. The van der Waals surface area contributed by atoms with Crippen molar-refractivity contribution < 1.29 is 0 Å². The van der Waals surface area contributed by atoms with Gasteiger partial charge >= 0.3 is 0 Å². The van der Waals surface area contributed by atoms with Crippen molar-refractivity contribution in [3.8, 4) is 0 Å². The van der Waals surface area contributed by atoms with Crippen LogP contribution < -0.4 is 5.73 Å². The van der Waals surface area contributed by atoms with E-state index in [4.69, 9.17) is 10.7 Å². The van der Waals surface area contributed by atoms with Crippen LogP contribution in [0.4, 0.5) is 5.82 Å². The summed E-state index contributed by atoms with van der Waals surface area (Å²) >= 11 is 2.27. The van der Waals surface area contributed by atoms with Crippen molar-refractivity contribution in [1.29, 1.82) is 0 Å². The minimum absolute atomic E-state index is 0.296. The molecule has 0 radical (unpaired) electrons. The van der Waals surface area contributed by atoms with Crippen LogP contribution in [-0.2, 0) is 12.8 Å². The average molecular weight is 393 g/mol. The molecule has 3 nitrogen and oxygen atoms in total. The highest BCUT2D eigenvalue weighted by atomic mass is 127. The highest BCUT2D eigenvalue weighted by Gasteiger charge is 2.25. The summed E-state index contributed by atoms with van der Waals surface area (Å²) in [4.78, 5) is 9.44. The van der Waals surface area contributed by atoms with Crippen LogP contribution in [0.5, 0.6) is 0 Å². The lowest BCUT2D eigenvalue weighted by molar-refractivity contribution is 0.587. The highest BCUT2D eigenvalue weighted by Crippen LogP contribution is 2.35. The summed E-state index contributed by atoms with van der Waals surface area (Å²) in [5, 5.41) is 0. The highest BCUT2D eigenvalue weighted by molar-refractivity contribution is 14.1. The second-order valence-corrected chi connectivity index (χ2v) is 6.70. The Bertz CT molecular complexity index is 654. The van der Waals surface area contributed by atoms with E-state index in [1.54, 1.807) is 0 Å². The van der Waals surface area contributed by atoms with E-state index in [2.05, 4.69) is 58.8 Å². The Hall–Kier alpha value is -1.17. The Kier molecular flexibility index (Phi) is 4.42. The van der Waals surface area contributed by atoms with Gasteiger partial charge in [-0.2, -0.15) is 0 Å². The molecule has 0 aliphatic heterocycles. The second-order valence-electron chi connectivity index (χ2n) is 5.62. The first-order chi connectivity index (χ1) is 10.2. The van der Waals surface area contributed by atoms with E-state index in [1.165, 1.54) is 17.5 Å². The van der Waals surface area contributed by atoms with Gasteiger partial charge in [0.25, 0.3) is 0 Å². The van der Waals surface area contributed by atoms with Gasteiger partial charge < -0.3 is 5.73 Å². The minimum Gasteiger partial charge on any atom is -0.383 e. The van der Waals surface area contributed by atoms with Gasteiger partial charge in [0, 0.05) is 5.92 Å². The van der Waals surface area contributed by atoms with E-state index >= 15 is 0 Å². The number of rotatable bonds is 3. The molecule has 0 bridgehead atoms. The van der Waals surface area contributed by atoms with E-state index in [-0.39, 0.29) is 0 Å². The second kappa shape index (κ2) is 6.30. The summed E-state index contributed by atoms with van der Waals surface area (Å²) in [5.41, 5.74) is 10.0. The van der Waals surface area contributed by atoms with Gasteiger partial charge in [0.1, 0.15) is 11.6 Å². The zero-order valence-electron chi connectivity index (χ0n) is 12.3. The fraction of sp³-hybridized carbons (Fsp3) is 0.412. The Balaban J connectivity index is 2.05. The van der Waals surface area contributed by atoms with Crippen molar-refractivity contribution in [2.24, 2.45) is 0 Å². The number of fused-ring (bicyclic) bond motifs is 1. The molecular formula is C17H20IN3. The SMILES string of the molecule is CCCc1nc(C2CCCc3ccccc32)nc(N)c1I. The predicted octanol–water partition coefficient (Wildman–Crippen LogP) is 4.08. The molecule has 0 amide bonds. The smallest absolute Gasteiger partial charge is 0.140 e. The van der Waals surface area contributed by atoms with E-state index in [0.29, 0.717) is 11.7 Å². The van der Waals surface area contributed by atoms with Crippen molar-refractivity contribution in [1.82, 2.24) is 9.97 Å². The van der Waals surface area contributed by atoms with Crippen molar-refractivity contribution in [2.75, 3.05) is 5.73 Å². The van der Waals surface area contributed by atoms with E-state index in [1.807, 2.05) is 0 Å². The lowest BCUT2D eigenvalue weighted by atomic mass is 9.82. The molecule has 1 atom stereocenters. The van der Waals surface area contributed by atoms with Crippen LogP contribution >= 0.6 is 22.6 Å². The normalized spacial score (nSPS) is 17.5. The minimum atomic E-state index is 0.296. The molecule has 1 aromatic carbocycles. The zero-order chi connectivity index (χ0) is 14.8. The molecular weight excluding hydrogens is 373 g/mol. The fourth-order valence-corrected chi connectivity index (χ4v) is 3.62. The van der Waals surface area contributed by atoms with Crippen LogP contribution in [0.15, 0.2) is 24.3 Å². The molecule has 1 heterocycles. The molecule has 2 N–H and O–H groups in total. The Morgan fingerprint density at radius 1 is 1.29 bits per heavy atom. The van der Waals surface area contributed by atoms with Gasteiger partial charge in [-0.1, -0.05) is 37.6 Å². The predicted molar refractivity (Wildman–Crippen MR) is 94.4 cm³/mol. The summed E-state index contributed by atoms with van der Waals surface area (Å²) in [6, 6.07) is 8.67. The Labute approximate surface area is 139 Å². The lowest BCUT2D eigenvalue weighted by Gasteiger charge is -2.25. The third-order valence-corrected chi connectivity index (χ3v) is 5.31. The number of aryl methyl sites for hydroxylation is 2. The first-order valence-electron chi connectivity index (χ1n) is 7.60. The Morgan fingerprint density at radius 2 is 2.10 bits per heavy atom. The molecule has 3 rings (SSSR count). The van der Waals surface area contributed by atoms with E-state index < -0.39 is 0 Å². The maximum Gasteiger partial charge on any atom is 0.140 e. The Morgan fingerprint density at radius 3 is 2.90 bits per heavy atom. The number of nitrogens with zero attached hydrogens (tertiary/aromatic N) is 2. The summed E-state index contributed by atoms with van der Waals surface area (Å²) in [5.74, 6) is 1.83. The third kappa shape index (κ3) is 2.91. The first kappa shape index (κ1) is 14.8. The standard InChI is InChI=1S/C17H20IN3/c1-2-6-14-15(18)16(19)21-17(20-14)13-10-5-8-11-7-3-4-9-12(11)13/h3-4,7,9,13H,2,5-6,8,10H2,1H3,(H2,19,20,21). The summed E-state index contributed by atoms with van der Waals surface area (Å²) in [6.07, 6.45) is 5.51. The number of benzene rings is 1. The summed E-state index contributed by atoms with van der Waals surface area (Å²) < 4.78 is 1.02. The monoisotopic (exact) mass is 393 g/mol. The van der Waals surface area contributed by atoms with Gasteiger partial charge in [0.15, 0.2) is 0 Å². The van der Waals surface area contributed by atoms with Crippen molar-refractivity contribution in [2.45, 2.75) is 44.9 Å².